The molecule has 45 heavy (non-hydrogen) atoms. The van der Waals surface area contributed by atoms with E-state index in [9.17, 15) is 5.26 Å². The van der Waals surface area contributed by atoms with Crippen LogP contribution in [-0.2, 0) is 0 Å². The van der Waals surface area contributed by atoms with Gasteiger partial charge in [0.05, 0.1) is 22.7 Å². The first-order valence-corrected chi connectivity index (χ1v) is 15.3. The maximum absolute atomic E-state index is 9.77. The van der Waals surface area contributed by atoms with Crippen molar-refractivity contribution in [3.8, 4) is 34.0 Å². The molecular formula is C43H26N2. The molecule has 208 valence electrons. The first kappa shape index (κ1) is 25.3. The highest BCUT2D eigenvalue weighted by Gasteiger charge is 2.17. The fraction of sp³-hybridized carbons (Fsp3) is 0. The summed E-state index contributed by atoms with van der Waals surface area (Å²) in [5, 5.41) is 19.5. The number of aromatic nitrogens is 1. The van der Waals surface area contributed by atoms with E-state index in [-0.39, 0.29) is 0 Å². The van der Waals surface area contributed by atoms with Crippen molar-refractivity contribution < 1.29 is 0 Å². The lowest BCUT2D eigenvalue weighted by atomic mass is 9.87. The standard InChI is InChI=1S/C43H26N2/c44-27-28-19-21-42-40(23-28)41-24-30(20-22-43(41)45(42)31-13-5-2-6-14-31)37-26-39-34-17-9-7-15-32(34)36(29-11-3-1-4-12-29)25-38(39)35-18-10-8-16-33(35)37/h1-26H. The Balaban J connectivity index is 1.37. The smallest absolute Gasteiger partial charge is 0.0991 e. The molecule has 2 nitrogen and oxygen atoms in total. The molecule has 0 atom stereocenters. The predicted molar refractivity (Wildman–Crippen MR) is 189 cm³/mol. The van der Waals surface area contributed by atoms with Crippen molar-refractivity contribution in [3.63, 3.8) is 0 Å². The van der Waals surface area contributed by atoms with E-state index in [0.29, 0.717) is 5.56 Å². The topological polar surface area (TPSA) is 28.7 Å². The van der Waals surface area contributed by atoms with Gasteiger partial charge in [-0.05, 0) is 109 Å². The minimum absolute atomic E-state index is 0.664. The van der Waals surface area contributed by atoms with Gasteiger partial charge in [-0.1, -0.05) is 103 Å². The van der Waals surface area contributed by atoms with Crippen molar-refractivity contribution in [2.45, 2.75) is 0 Å². The molecule has 1 heterocycles. The van der Waals surface area contributed by atoms with Crippen LogP contribution in [-0.4, -0.2) is 4.57 Å². The molecule has 0 aliphatic carbocycles. The first-order chi connectivity index (χ1) is 22.3. The average Bonchev–Trinajstić information content (AvgIpc) is 3.44. The maximum atomic E-state index is 9.77. The third kappa shape index (κ3) is 3.88. The Morgan fingerprint density at radius 3 is 1.51 bits per heavy atom. The summed E-state index contributed by atoms with van der Waals surface area (Å²) in [6.07, 6.45) is 0. The van der Waals surface area contributed by atoms with Gasteiger partial charge in [0.25, 0.3) is 0 Å². The summed E-state index contributed by atoms with van der Waals surface area (Å²) < 4.78 is 2.30. The lowest BCUT2D eigenvalue weighted by molar-refractivity contribution is 1.18. The van der Waals surface area contributed by atoms with Crippen molar-refractivity contribution in [1.82, 2.24) is 4.57 Å². The minimum atomic E-state index is 0.664. The zero-order chi connectivity index (χ0) is 29.9. The van der Waals surface area contributed by atoms with E-state index < -0.39 is 0 Å². The molecular weight excluding hydrogens is 544 g/mol. The van der Waals surface area contributed by atoms with Gasteiger partial charge in [0.2, 0.25) is 0 Å². The Hall–Kier alpha value is -6.17. The van der Waals surface area contributed by atoms with E-state index in [0.717, 1.165) is 33.1 Å². The van der Waals surface area contributed by atoms with Crippen LogP contribution in [0, 0.1) is 11.3 Å². The van der Waals surface area contributed by atoms with E-state index in [4.69, 9.17) is 0 Å². The molecule has 1 aromatic heterocycles. The monoisotopic (exact) mass is 570 g/mol. The van der Waals surface area contributed by atoms with Crippen LogP contribution >= 0.6 is 0 Å². The number of para-hydroxylation sites is 1. The van der Waals surface area contributed by atoms with Crippen molar-refractivity contribution in [1.29, 1.82) is 5.26 Å². The SMILES string of the molecule is N#Cc1ccc2c(c1)c1cc(-c3cc4c5ccccc5c(-c5ccccc5)cc4c4ccccc34)ccc1n2-c1ccccc1. The van der Waals surface area contributed by atoms with Gasteiger partial charge in [-0.15, -0.1) is 0 Å². The molecule has 0 radical (unpaired) electrons. The van der Waals surface area contributed by atoms with Crippen LogP contribution in [0.4, 0.5) is 0 Å². The van der Waals surface area contributed by atoms with Crippen molar-refractivity contribution in [2.75, 3.05) is 0 Å². The maximum Gasteiger partial charge on any atom is 0.0991 e. The molecule has 0 unspecified atom stereocenters. The summed E-state index contributed by atoms with van der Waals surface area (Å²) in [5.41, 5.74) is 8.82. The fourth-order valence-corrected chi connectivity index (χ4v) is 7.16. The van der Waals surface area contributed by atoms with Crippen LogP contribution in [0.25, 0.3) is 82.1 Å². The number of nitriles is 1. The van der Waals surface area contributed by atoms with E-state index >= 15 is 0 Å². The van der Waals surface area contributed by atoms with E-state index in [1.54, 1.807) is 0 Å². The Morgan fingerprint density at radius 2 is 0.889 bits per heavy atom. The number of nitrogens with zero attached hydrogens (tertiary/aromatic N) is 2. The molecule has 0 saturated heterocycles. The number of benzene rings is 8. The van der Waals surface area contributed by atoms with Gasteiger partial charge in [0.1, 0.15) is 0 Å². The summed E-state index contributed by atoms with van der Waals surface area (Å²) in [6, 6.07) is 58.6. The number of hydrogen-bond acceptors (Lipinski definition) is 1. The normalized spacial score (nSPS) is 11.5. The molecule has 0 spiro atoms. The zero-order valence-electron chi connectivity index (χ0n) is 24.4. The van der Waals surface area contributed by atoms with Crippen molar-refractivity contribution in [2.24, 2.45) is 0 Å². The fourth-order valence-electron chi connectivity index (χ4n) is 7.16. The van der Waals surface area contributed by atoms with E-state index in [1.165, 1.54) is 49.0 Å². The number of fused-ring (bicyclic) bond motifs is 8. The molecule has 8 aromatic carbocycles. The van der Waals surface area contributed by atoms with Gasteiger partial charge in [-0.3, -0.25) is 0 Å². The van der Waals surface area contributed by atoms with Crippen LogP contribution in [0.5, 0.6) is 0 Å². The van der Waals surface area contributed by atoms with Crippen LogP contribution in [0.3, 0.4) is 0 Å². The molecule has 0 aliphatic heterocycles. The third-order valence-electron chi connectivity index (χ3n) is 9.19. The molecule has 0 saturated carbocycles. The van der Waals surface area contributed by atoms with E-state index in [1.807, 2.05) is 18.2 Å². The quantitative estimate of drug-likeness (QED) is 0.194. The summed E-state index contributed by atoms with van der Waals surface area (Å²) in [7, 11) is 0. The van der Waals surface area contributed by atoms with Gasteiger partial charge in [-0.2, -0.15) is 5.26 Å². The van der Waals surface area contributed by atoms with Gasteiger partial charge < -0.3 is 4.57 Å². The first-order valence-electron chi connectivity index (χ1n) is 15.3. The van der Waals surface area contributed by atoms with Crippen LogP contribution in [0.1, 0.15) is 5.56 Å². The van der Waals surface area contributed by atoms with Crippen molar-refractivity contribution in [3.05, 3.63) is 163 Å². The highest BCUT2D eigenvalue weighted by atomic mass is 15.0. The molecule has 0 bridgehead atoms. The van der Waals surface area contributed by atoms with Crippen molar-refractivity contribution >= 4 is 54.1 Å². The lowest BCUT2D eigenvalue weighted by Gasteiger charge is -2.16. The Kier molecular flexibility index (Phi) is 5.60. The summed E-state index contributed by atoms with van der Waals surface area (Å²) >= 11 is 0. The average molecular weight is 571 g/mol. The number of hydrogen-bond donors (Lipinski definition) is 0. The summed E-state index contributed by atoms with van der Waals surface area (Å²) in [5.74, 6) is 0. The second-order valence-electron chi connectivity index (χ2n) is 11.6. The largest absolute Gasteiger partial charge is 0.309 e. The molecule has 9 aromatic rings. The Bertz CT molecular complexity index is 2640. The Morgan fingerprint density at radius 1 is 0.378 bits per heavy atom. The van der Waals surface area contributed by atoms with Crippen LogP contribution < -0.4 is 0 Å². The summed E-state index contributed by atoms with van der Waals surface area (Å²) in [6.45, 7) is 0. The number of rotatable bonds is 3. The highest BCUT2D eigenvalue weighted by molar-refractivity contribution is 6.24. The molecule has 0 fully saturated rings. The molecule has 0 aliphatic rings. The molecule has 0 amide bonds. The molecule has 2 heteroatoms. The lowest BCUT2D eigenvalue weighted by Crippen LogP contribution is -1.93. The summed E-state index contributed by atoms with van der Waals surface area (Å²) in [4.78, 5) is 0. The second kappa shape index (κ2) is 9.95. The van der Waals surface area contributed by atoms with Gasteiger partial charge in [0, 0.05) is 16.5 Å². The third-order valence-corrected chi connectivity index (χ3v) is 9.19. The van der Waals surface area contributed by atoms with E-state index in [2.05, 4.69) is 150 Å². The molecule has 9 rings (SSSR count). The van der Waals surface area contributed by atoms with Crippen LogP contribution in [0.2, 0.25) is 0 Å². The van der Waals surface area contributed by atoms with Gasteiger partial charge in [-0.25, -0.2) is 0 Å². The van der Waals surface area contributed by atoms with Gasteiger partial charge in [0.15, 0.2) is 0 Å². The second-order valence-corrected chi connectivity index (χ2v) is 11.6. The Labute approximate surface area is 260 Å². The zero-order valence-corrected chi connectivity index (χ0v) is 24.4. The minimum Gasteiger partial charge on any atom is -0.309 e. The van der Waals surface area contributed by atoms with Crippen LogP contribution in [0.15, 0.2) is 158 Å². The highest BCUT2D eigenvalue weighted by Crippen LogP contribution is 2.43. The predicted octanol–water partition coefficient (Wildman–Crippen LogP) is 11.4. The van der Waals surface area contributed by atoms with Gasteiger partial charge >= 0.3 is 0 Å². The molecule has 0 N–H and O–H groups in total.